The Morgan fingerprint density at radius 3 is 0.595 bits per heavy atom. The molecule has 12 rings (SSSR count). The molecule has 0 saturated heterocycles. The first kappa shape index (κ1) is 55.0. The van der Waals surface area contributed by atoms with Crippen LogP contribution in [0.5, 0.6) is 0 Å². The van der Waals surface area contributed by atoms with Gasteiger partial charge < -0.3 is 9.80 Å². The van der Waals surface area contributed by atoms with Crippen LogP contribution in [0.25, 0.3) is 11.1 Å². The molecule has 0 N–H and O–H groups in total. The third kappa shape index (κ3) is 7.46. The second-order valence-corrected chi connectivity index (χ2v) is 19.2. The average molecular weight is 1180 g/mol. The largest absolute Gasteiger partial charge is 0.304 e. The molecular weight excluding hydrogens is 1150 g/mol. The molecule has 0 amide bonds. The lowest BCUT2D eigenvalue weighted by molar-refractivity contribution is 0.443. The van der Waals surface area contributed by atoms with Crippen LogP contribution in [0.2, 0.25) is 0 Å². The van der Waals surface area contributed by atoms with Crippen LogP contribution in [0.3, 0.4) is 0 Å². The summed E-state index contributed by atoms with van der Waals surface area (Å²) in [6.45, 7) is 0. The molecule has 2 nitrogen and oxygen atoms in total. The summed E-state index contributed by atoms with van der Waals surface area (Å²) in [5, 5.41) is 0. The van der Waals surface area contributed by atoms with Crippen molar-refractivity contribution in [3.63, 3.8) is 0 Å². The lowest BCUT2D eigenvalue weighted by Crippen LogP contribution is -2.41. The van der Waals surface area contributed by atoms with Crippen LogP contribution in [-0.2, 0) is 10.8 Å². The molecule has 0 fully saturated rings. The molecule has 0 atom stereocenters. The highest BCUT2D eigenvalue weighted by Crippen LogP contribution is 2.63. The summed E-state index contributed by atoms with van der Waals surface area (Å²) in [7, 11) is 0. The third-order valence-corrected chi connectivity index (χ3v) is 14.9. The number of fused-ring (bicyclic) bond motifs is 4. The summed E-state index contributed by atoms with van der Waals surface area (Å²) < 4.78 is 327. The van der Waals surface area contributed by atoms with Gasteiger partial charge in [-0.15, -0.1) is 0 Å². The zero-order valence-electron chi connectivity index (χ0n) is 41.3. The van der Waals surface area contributed by atoms with Crippen LogP contribution < -0.4 is 9.80 Å². The fraction of sp³-hybridized carbons (Fsp3) is 0.0323. The van der Waals surface area contributed by atoms with Crippen molar-refractivity contribution in [1.29, 1.82) is 0 Å². The number of benzene rings is 10. The summed E-state index contributed by atoms with van der Waals surface area (Å²) in [6, 6.07) is 16.1. The Labute approximate surface area is 458 Å². The van der Waals surface area contributed by atoms with Gasteiger partial charge in [0, 0.05) is 70.8 Å². The van der Waals surface area contributed by atoms with Gasteiger partial charge in [0.2, 0.25) is 0 Å². The first-order valence-corrected chi connectivity index (χ1v) is 24.3. The van der Waals surface area contributed by atoms with Crippen molar-refractivity contribution in [3.8, 4) is 11.1 Å². The number of nitrogens with zero attached hydrogens (tertiary/aromatic N) is 2. The molecule has 2 aliphatic heterocycles. The third-order valence-electron chi connectivity index (χ3n) is 14.9. The van der Waals surface area contributed by atoms with Gasteiger partial charge in [0.1, 0.15) is 81.2 Å². The van der Waals surface area contributed by atoms with Crippen molar-refractivity contribution in [2.24, 2.45) is 0 Å². The van der Waals surface area contributed by atoms with E-state index in [4.69, 9.17) is 0 Å². The van der Waals surface area contributed by atoms with Crippen molar-refractivity contribution in [3.05, 3.63) is 306 Å². The Morgan fingerprint density at radius 1 is 0.226 bits per heavy atom. The van der Waals surface area contributed by atoms with Crippen molar-refractivity contribution in [2.75, 3.05) is 9.80 Å². The molecular formula is C62H24F20N2. The fourth-order valence-corrected chi connectivity index (χ4v) is 12.0. The molecule has 10 aromatic rings. The molecule has 0 radical (unpaired) electrons. The van der Waals surface area contributed by atoms with Gasteiger partial charge in [0.15, 0.2) is 46.5 Å². The standard InChI is InChI=1S/C62H24F20N2/c63-25-17-33(67)47(34(68)18-25)61(48-35(69)19-26(64)20-36(48)70)29-9-1-5-13-41(29)83(42-14-6-2-10-30(42)61)59-55(79)51(75)45(52(76)56(59)80)46-53(77)57(81)60(58(82)54(46)78)84-43-15-7-3-11-31(43)62(32-12-4-8-16-44(32)84,49-37(71)21-27(65)22-38(49)72)50-39(73)23-28(66)24-40(50)74/h1-24H. The van der Waals surface area contributed by atoms with Crippen molar-refractivity contribution in [1.82, 2.24) is 0 Å². The summed E-state index contributed by atoms with van der Waals surface area (Å²) in [5.41, 5.74) is -26.9. The van der Waals surface area contributed by atoms with Gasteiger partial charge in [-0.25, -0.2) is 87.8 Å². The minimum atomic E-state index is -3.13. The van der Waals surface area contributed by atoms with E-state index < -0.39 is 217 Å². The number of para-hydroxylation sites is 4. The first-order chi connectivity index (χ1) is 40.0. The highest BCUT2D eigenvalue weighted by Gasteiger charge is 2.55. The molecule has 10 aromatic carbocycles. The second-order valence-electron chi connectivity index (χ2n) is 19.2. The molecule has 0 unspecified atom stereocenters. The van der Waals surface area contributed by atoms with Gasteiger partial charge in [0.25, 0.3) is 0 Å². The minimum absolute atomic E-state index is 0.104. The molecule has 22 heteroatoms. The first-order valence-electron chi connectivity index (χ1n) is 24.3. The quantitative estimate of drug-likeness (QED) is 0.116. The van der Waals surface area contributed by atoms with Crippen molar-refractivity contribution < 1.29 is 87.8 Å². The van der Waals surface area contributed by atoms with Crippen LogP contribution in [0.4, 0.5) is 122 Å². The Balaban J connectivity index is 1.08. The fourth-order valence-electron chi connectivity index (χ4n) is 12.0. The van der Waals surface area contributed by atoms with Gasteiger partial charge in [-0.3, -0.25) is 0 Å². The van der Waals surface area contributed by atoms with Gasteiger partial charge in [-0.2, -0.15) is 0 Å². The van der Waals surface area contributed by atoms with E-state index in [9.17, 15) is 17.6 Å². The molecule has 0 aliphatic carbocycles. The van der Waals surface area contributed by atoms with E-state index in [0.717, 1.165) is 97.1 Å². The van der Waals surface area contributed by atoms with E-state index in [2.05, 4.69) is 0 Å². The van der Waals surface area contributed by atoms with Gasteiger partial charge in [0.05, 0.1) is 44.7 Å². The number of anilines is 6. The molecule has 2 heterocycles. The number of rotatable bonds is 7. The molecule has 0 bridgehead atoms. The maximum absolute atomic E-state index is 17.3. The van der Waals surface area contributed by atoms with E-state index in [1.165, 1.54) is 0 Å². The van der Waals surface area contributed by atoms with E-state index >= 15 is 70.2 Å². The maximum Gasteiger partial charge on any atom is 0.186 e. The lowest BCUT2D eigenvalue weighted by atomic mass is 9.61. The summed E-state index contributed by atoms with van der Waals surface area (Å²) in [4.78, 5) is 0.607. The monoisotopic (exact) mass is 1180 g/mol. The normalized spacial score (nSPS) is 13.9. The summed E-state index contributed by atoms with van der Waals surface area (Å²) in [6.07, 6.45) is 0. The number of halogens is 20. The molecule has 0 aromatic heterocycles. The van der Waals surface area contributed by atoms with Gasteiger partial charge in [-0.05, 0) is 46.5 Å². The molecule has 0 saturated carbocycles. The summed E-state index contributed by atoms with van der Waals surface area (Å²) in [5.74, 6) is -42.6. The zero-order chi connectivity index (χ0) is 59.9. The van der Waals surface area contributed by atoms with E-state index in [0.29, 0.717) is 9.80 Å². The highest BCUT2D eigenvalue weighted by atomic mass is 19.2. The van der Waals surface area contributed by atoms with Crippen LogP contribution in [0.15, 0.2) is 146 Å². The maximum atomic E-state index is 17.3. The Hall–Kier alpha value is -9.60. The van der Waals surface area contributed by atoms with Gasteiger partial charge >= 0.3 is 0 Å². The second kappa shape index (κ2) is 19.5. The Bertz CT molecular complexity index is 3860. The van der Waals surface area contributed by atoms with E-state index in [1.807, 2.05) is 0 Å². The predicted molar refractivity (Wildman–Crippen MR) is 264 cm³/mol. The number of hydrogen-bond acceptors (Lipinski definition) is 2. The van der Waals surface area contributed by atoms with E-state index in [-0.39, 0.29) is 48.5 Å². The minimum Gasteiger partial charge on any atom is -0.304 e. The molecule has 2 aliphatic rings. The van der Waals surface area contributed by atoms with Crippen LogP contribution in [0.1, 0.15) is 44.5 Å². The highest BCUT2D eigenvalue weighted by molar-refractivity contribution is 5.93. The SMILES string of the molecule is Fc1cc(F)c(C2(c3c(F)cc(F)cc3F)c3ccccc3N(c3c(F)c(F)c(-c4c(F)c(F)c(N5c6ccccc6C(c6c(F)cc(F)cc6F)(c6c(F)cc(F)cc6F)c6ccccc65)c(F)c4F)c(F)c3F)c3ccccc32)c(F)c1. The molecule has 0 spiro atoms. The van der Waals surface area contributed by atoms with Crippen LogP contribution in [0, 0.1) is 116 Å². The lowest BCUT2D eigenvalue weighted by Gasteiger charge is -2.46. The predicted octanol–water partition coefficient (Wildman–Crippen LogP) is 18.5. The topological polar surface area (TPSA) is 6.48 Å². The van der Waals surface area contributed by atoms with Crippen molar-refractivity contribution >= 4 is 34.1 Å². The van der Waals surface area contributed by atoms with E-state index in [1.54, 1.807) is 0 Å². The van der Waals surface area contributed by atoms with Crippen LogP contribution >= 0.6 is 0 Å². The number of hydrogen-bond donors (Lipinski definition) is 0. The molecule has 422 valence electrons. The Kier molecular flexibility index (Phi) is 12.8. The smallest absolute Gasteiger partial charge is 0.186 e. The van der Waals surface area contributed by atoms with Gasteiger partial charge in [-0.1, -0.05) is 72.8 Å². The van der Waals surface area contributed by atoms with Crippen molar-refractivity contribution in [2.45, 2.75) is 10.8 Å². The summed E-state index contributed by atoms with van der Waals surface area (Å²) >= 11 is 0. The molecule has 84 heavy (non-hydrogen) atoms. The zero-order valence-corrected chi connectivity index (χ0v) is 41.3. The average Bonchev–Trinajstić information content (AvgIpc) is 0.766. The van der Waals surface area contributed by atoms with Crippen LogP contribution in [-0.4, -0.2) is 0 Å². The Morgan fingerprint density at radius 2 is 0.405 bits per heavy atom.